The van der Waals surface area contributed by atoms with Crippen molar-refractivity contribution in [2.75, 3.05) is 31.6 Å². The fourth-order valence-electron chi connectivity index (χ4n) is 2.57. The third-order valence-corrected chi connectivity index (χ3v) is 4.18. The second-order valence-corrected chi connectivity index (χ2v) is 5.71. The monoisotopic (exact) mass is 311 g/mol. The van der Waals surface area contributed by atoms with Crippen molar-refractivity contribution in [2.24, 2.45) is 0 Å². The lowest BCUT2D eigenvalue weighted by Gasteiger charge is -2.26. The molecule has 5 heteroatoms. The van der Waals surface area contributed by atoms with Crippen molar-refractivity contribution in [3.8, 4) is 0 Å². The molecule has 120 valence electrons. The van der Waals surface area contributed by atoms with Gasteiger partial charge in [-0.05, 0) is 43.2 Å². The lowest BCUT2D eigenvalue weighted by atomic mass is 10.1. The van der Waals surface area contributed by atoms with E-state index in [9.17, 15) is 4.79 Å². The SMILES string of the molecule is Cc1cccc(Nc2ccc(C(=O)N3CCOCC3)cn2)c1C. The van der Waals surface area contributed by atoms with Crippen molar-refractivity contribution >= 4 is 17.4 Å². The molecule has 23 heavy (non-hydrogen) atoms. The molecule has 2 heterocycles. The van der Waals surface area contributed by atoms with Gasteiger partial charge in [0.05, 0.1) is 18.8 Å². The van der Waals surface area contributed by atoms with Crippen LogP contribution in [-0.2, 0) is 4.74 Å². The zero-order valence-corrected chi connectivity index (χ0v) is 13.5. The Kier molecular flexibility index (Phi) is 4.57. The molecule has 1 N–H and O–H groups in total. The maximum Gasteiger partial charge on any atom is 0.255 e. The number of aromatic nitrogens is 1. The van der Waals surface area contributed by atoms with Gasteiger partial charge in [-0.3, -0.25) is 4.79 Å². The van der Waals surface area contributed by atoms with Gasteiger partial charge in [-0.15, -0.1) is 0 Å². The van der Waals surface area contributed by atoms with E-state index in [1.807, 2.05) is 24.3 Å². The number of hydrogen-bond donors (Lipinski definition) is 1. The number of amides is 1. The molecule has 3 rings (SSSR count). The first kappa shape index (κ1) is 15.5. The van der Waals surface area contributed by atoms with Crippen LogP contribution in [0.3, 0.4) is 0 Å². The van der Waals surface area contributed by atoms with Crippen LogP contribution in [0.5, 0.6) is 0 Å². The minimum atomic E-state index is 0.0130. The smallest absolute Gasteiger partial charge is 0.255 e. The third kappa shape index (κ3) is 3.51. The van der Waals surface area contributed by atoms with Crippen LogP contribution in [0.4, 0.5) is 11.5 Å². The van der Waals surface area contributed by atoms with Gasteiger partial charge in [0.15, 0.2) is 0 Å². The normalized spacial score (nSPS) is 14.6. The van der Waals surface area contributed by atoms with E-state index in [1.165, 1.54) is 11.1 Å². The van der Waals surface area contributed by atoms with E-state index >= 15 is 0 Å². The molecule has 0 atom stereocenters. The minimum absolute atomic E-state index is 0.0130. The quantitative estimate of drug-likeness (QED) is 0.947. The lowest BCUT2D eigenvalue weighted by Crippen LogP contribution is -2.40. The van der Waals surface area contributed by atoms with E-state index in [0.717, 1.165) is 11.5 Å². The fourth-order valence-corrected chi connectivity index (χ4v) is 2.57. The standard InChI is InChI=1S/C18H21N3O2/c1-13-4-3-5-16(14(13)2)20-17-7-6-15(12-19-17)18(22)21-8-10-23-11-9-21/h3-7,12H,8-11H2,1-2H3,(H,19,20). The summed E-state index contributed by atoms with van der Waals surface area (Å²) in [5, 5.41) is 3.30. The van der Waals surface area contributed by atoms with Gasteiger partial charge in [-0.2, -0.15) is 0 Å². The number of aryl methyl sites for hydroxylation is 1. The number of morpholine rings is 1. The number of carbonyl (C=O) groups is 1. The summed E-state index contributed by atoms with van der Waals surface area (Å²) in [7, 11) is 0. The first-order valence-electron chi connectivity index (χ1n) is 7.81. The van der Waals surface area contributed by atoms with E-state index in [1.54, 1.807) is 11.1 Å². The van der Waals surface area contributed by atoms with Crippen molar-refractivity contribution in [1.82, 2.24) is 9.88 Å². The summed E-state index contributed by atoms with van der Waals surface area (Å²) in [6.45, 7) is 6.64. The number of pyridine rings is 1. The highest BCUT2D eigenvalue weighted by Gasteiger charge is 2.18. The first-order chi connectivity index (χ1) is 11.1. The van der Waals surface area contributed by atoms with Crippen LogP contribution in [-0.4, -0.2) is 42.1 Å². The van der Waals surface area contributed by atoms with Crippen LogP contribution in [0, 0.1) is 13.8 Å². The summed E-state index contributed by atoms with van der Waals surface area (Å²) >= 11 is 0. The van der Waals surface area contributed by atoms with Crippen molar-refractivity contribution in [3.05, 3.63) is 53.2 Å². The second kappa shape index (κ2) is 6.79. The van der Waals surface area contributed by atoms with Crippen LogP contribution < -0.4 is 5.32 Å². The summed E-state index contributed by atoms with van der Waals surface area (Å²) in [4.78, 5) is 18.6. The van der Waals surface area contributed by atoms with Gasteiger partial charge in [0.2, 0.25) is 0 Å². The lowest BCUT2D eigenvalue weighted by molar-refractivity contribution is 0.0302. The molecule has 0 unspecified atom stereocenters. The van der Waals surface area contributed by atoms with Crippen molar-refractivity contribution in [3.63, 3.8) is 0 Å². The van der Waals surface area contributed by atoms with E-state index in [2.05, 4.69) is 30.2 Å². The molecule has 1 saturated heterocycles. The molecule has 0 radical (unpaired) electrons. The Morgan fingerprint density at radius 3 is 2.65 bits per heavy atom. The maximum absolute atomic E-state index is 12.4. The van der Waals surface area contributed by atoms with E-state index in [4.69, 9.17) is 4.74 Å². The Morgan fingerprint density at radius 1 is 1.17 bits per heavy atom. The summed E-state index contributed by atoms with van der Waals surface area (Å²) in [5.41, 5.74) is 4.07. The molecule has 2 aromatic rings. The van der Waals surface area contributed by atoms with Gasteiger partial charge >= 0.3 is 0 Å². The van der Waals surface area contributed by atoms with Gasteiger partial charge in [0.1, 0.15) is 5.82 Å². The first-order valence-corrected chi connectivity index (χ1v) is 7.81. The van der Waals surface area contributed by atoms with Crippen LogP contribution in [0.1, 0.15) is 21.5 Å². The van der Waals surface area contributed by atoms with Crippen molar-refractivity contribution in [2.45, 2.75) is 13.8 Å². The average Bonchev–Trinajstić information content (AvgIpc) is 2.60. The van der Waals surface area contributed by atoms with Crippen LogP contribution in [0.25, 0.3) is 0 Å². The molecular formula is C18H21N3O2. The Hall–Kier alpha value is -2.40. The molecule has 1 aliphatic heterocycles. The number of benzene rings is 1. The predicted molar refractivity (Wildman–Crippen MR) is 90.2 cm³/mol. The van der Waals surface area contributed by atoms with E-state index in [-0.39, 0.29) is 5.91 Å². The highest BCUT2D eigenvalue weighted by molar-refractivity contribution is 5.94. The number of nitrogens with zero attached hydrogens (tertiary/aromatic N) is 2. The summed E-state index contributed by atoms with van der Waals surface area (Å²) in [6, 6.07) is 9.78. The van der Waals surface area contributed by atoms with Gasteiger partial charge in [0, 0.05) is 25.0 Å². The highest BCUT2D eigenvalue weighted by atomic mass is 16.5. The molecular weight excluding hydrogens is 290 g/mol. The number of ether oxygens (including phenoxy) is 1. The van der Waals surface area contributed by atoms with Gasteiger partial charge in [0.25, 0.3) is 5.91 Å². The maximum atomic E-state index is 12.4. The van der Waals surface area contributed by atoms with Crippen LogP contribution in [0.15, 0.2) is 36.5 Å². The minimum Gasteiger partial charge on any atom is -0.378 e. The molecule has 1 aliphatic rings. The topological polar surface area (TPSA) is 54.5 Å². The molecule has 0 aliphatic carbocycles. The van der Waals surface area contributed by atoms with Crippen molar-refractivity contribution in [1.29, 1.82) is 0 Å². The molecule has 0 bridgehead atoms. The number of carbonyl (C=O) groups excluding carboxylic acids is 1. The molecule has 0 spiro atoms. The molecule has 1 fully saturated rings. The predicted octanol–water partition coefficient (Wildman–Crippen LogP) is 2.91. The average molecular weight is 311 g/mol. The molecule has 1 amide bonds. The zero-order valence-electron chi connectivity index (χ0n) is 13.5. The number of rotatable bonds is 3. The van der Waals surface area contributed by atoms with Gasteiger partial charge in [-0.25, -0.2) is 4.98 Å². The molecule has 1 aromatic heterocycles. The second-order valence-electron chi connectivity index (χ2n) is 5.71. The summed E-state index contributed by atoms with van der Waals surface area (Å²) in [6.07, 6.45) is 1.63. The highest BCUT2D eigenvalue weighted by Crippen LogP contribution is 2.21. The van der Waals surface area contributed by atoms with Crippen LogP contribution in [0.2, 0.25) is 0 Å². The summed E-state index contributed by atoms with van der Waals surface area (Å²) < 4.78 is 5.27. The fraction of sp³-hybridized carbons (Fsp3) is 0.333. The molecule has 5 nitrogen and oxygen atoms in total. The third-order valence-electron chi connectivity index (χ3n) is 4.18. The van der Waals surface area contributed by atoms with E-state index < -0.39 is 0 Å². The largest absolute Gasteiger partial charge is 0.378 e. The van der Waals surface area contributed by atoms with Gasteiger partial charge < -0.3 is 15.0 Å². The Morgan fingerprint density at radius 2 is 1.96 bits per heavy atom. The Balaban J connectivity index is 1.71. The molecule has 1 aromatic carbocycles. The summed E-state index contributed by atoms with van der Waals surface area (Å²) in [5.74, 6) is 0.747. The van der Waals surface area contributed by atoms with E-state index in [0.29, 0.717) is 31.9 Å². The Labute approximate surface area is 136 Å². The van der Waals surface area contributed by atoms with Crippen LogP contribution >= 0.6 is 0 Å². The number of nitrogens with one attached hydrogen (secondary N) is 1. The zero-order chi connectivity index (χ0) is 16.2. The molecule has 0 saturated carbocycles. The van der Waals surface area contributed by atoms with Crippen molar-refractivity contribution < 1.29 is 9.53 Å². The van der Waals surface area contributed by atoms with Gasteiger partial charge in [-0.1, -0.05) is 12.1 Å². The Bertz CT molecular complexity index is 692. The number of anilines is 2. The number of hydrogen-bond acceptors (Lipinski definition) is 4.